The first-order valence-corrected chi connectivity index (χ1v) is 10.5. The molecular weight excluding hydrogens is 378 g/mol. The van der Waals surface area contributed by atoms with Gasteiger partial charge < -0.3 is 15.0 Å². The molecular formula is C21H31ClN3O3+. The van der Waals surface area contributed by atoms with Crippen LogP contribution in [0.3, 0.4) is 0 Å². The van der Waals surface area contributed by atoms with Gasteiger partial charge in [-0.05, 0) is 43.7 Å². The molecule has 2 fully saturated rings. The van der Waals surface area contributed by atoms with Gasteiger partial charge in [0.2, 0.25) is 5.91 Å². The Morgan fingerprint density at radius 1 is 1.29 bits per heavy atom. The van der Waals surface area contributed by atoms with Crippen molar-refractivity contribution < 1.29 is 19.2 Å². The van der Waals surface area contributed by atoms with Crippen LogP contribution in [0.15, 0.2) is 24.3 Å². The molecule has 2 amide bonds. The molecule has 1 saturated heterocycles. The van der Waals surface area contributed by atoms with Crippen molar-refractivity contribution in [3.63, 3.8) is 0 Å². The largest absolute Gasteiger partial charge is 0.353 e. The van der Waals surface area contributed by atoms with Gasteiger partial charge in [-0.1, -0.05) is 30.7 Å². The van der Waals surface area contributed by atoms with E-state index in [2.05, 4.69) is 12.2 Å². The summed E-state index contributed by atoms with van der Waals surface area (Å²) in [5.41, 5.74) is -0.291. The van der Waals surface area contributed by atoms with Crippen LogP contribution in [-0.2, 0) is 9.53 Å². The van der Waals surface area contributed by atoms with E-state index in [1.54, 1.807) is 29.2 Å². The van der Waals surface area contributed by atoms with Crippen molar-refractivity contribution in [3.8, 4) is 0 Å². The van der Waals surface area contributed by atoms with E-state index >= 15 is 0 Å². The minimum Gasteiger partial charge on any atom is -0.353 e. The zero-order valence-electron chi connectivity index (χ0n) is 17.0. The molecule has 1 atom stereocenters. The number of quaternary nitrogens is 1. The van der Waals surface area contributed by atoms with E-state index in [-0.39, 0.29) is 18.4 Å². The Morgan fingerprint density at radius 3 is 2.61 bits per heavy atom. The molecule has 1 aromatic carbocycles. The van der Waals surface area contributed by atoms with Gasteiger partial charge in [0.05, 0.1) is 44.4 Å². The maximum Gasteiger partial charge on any atom is 0.258 e. The van der Waals surface area contributed by atoms with Crippen LogP contribution in [0.25, 0.3) is 0 Å². The first kappa shape index (κ1) is 21.1. The second-order valence-corrected chi connectivity index (χ2v) is 8.77. The number of halogens is 1. The molecule has 154 valence electrons. The van der Waals surface area contributed by atoms with Crippen molar-refractivity contribution >= 4 is 23.4 Å². The van der Waals surface area contributed by atoms with E-state index in [0.717, 1.165) is 32.2 Å². The molecule has 1 heterocycles. The van der Waals surface area contributed by atoms with Crippen molar-refractivity contribution in [2.45, 2.75) is 44.4 Å². The highest BCUT2D eigenvalue weighted by molar-refractivity contribution is 6.33. The number of hydrogen-bond acceptors (Lipinski definition) is 3. The molecule has 1 saturated carbocycles. The fourth-order valence-corrected chi connectivity index (χ4v) is 4.31. The molecule has 6 nitrogen and oxygen atoms in total. The molecule has 0 unspecified atom stereocenters. The molecule has 1 aliphatic heterocycles. The van der Waals surface area contributed by atoms with E-state index in [1.807, 2.05) is 14.1 Å². The molecule has 0 bridgehead atoms. The summed E-state index contributed by atoms with van der Waals surface area (Å²) in [6, 6.07) is 6.38. The molecule has 1 aromatic rings. The van der Waals surface area contributed by atoms with Gasteiger partial charge in [-0.3, -0.25) is 14.5 Å². The van der Waals surface area contributed by atoms with E-state index in [0.29, 0.717) is 23.0 Å². The van der Waals surface area contributed by atoms with Gasteiger partial charge in [0.25, 0.3) is 5.91 Å². The monoisotopic (exact) mass is 408 g/mol. The summed E-state index contributed by atoms with van der Waals surface area (Å²) in [5.74, 6) is 0.218. The van der Waals surface area contributed by atoms with Crippen LogP contribution in [0, 0.1) is 5.92 Å². The Bertz CT molecular complexity index is 717. The van der Waals surface area contributed by atoms with E-state index in [9.17, 15) is 9.59 Å². The van der Waals surface area contributed by atoms with Crippen LogP contribution in [-0.4, -0.2) is 62.3 Å². The standard InChI is InChI=1S/C21H30ClN3O3/c1-15-8-10-21(11-9-15)25(20(27)16-6-4-5-7-17(16)22)18(14-28-21)19(26)23-12-13-24(2)3/h4-7,15,18H,8-14H2,1-3H3,(H,23,26)/p+1/t15?,18-,21?/m0/s1. The molecule has 1 aliphatic carbocycles. The van der Waals surface area contributed by atoms with Crippen LogP contribution < -0.4 is 10.2 Å². The average Bonchev–Trinajstić information content (AvgIpc) is 3.03. The minimum absolute atomic E-state index is 0.155. The van der Waals surface area contributed by atoms with Crippen LogP contribution in [0.1, 0.15) is 43.0 Å². The number of amides is 2. The van der Waals surface area contributed by atoms with Crippen molar-refractivity contribution in [2.24, 2.45) is 5.92 Å². The van der Waals surface area contributed by atoms with Gasteiger partial charge in [-0.25, -0.2) is 0 Å². The molecule has 0 radical (unpaired) electrons. The second-order valence-electron chi connectivity index (χ2n) is 8.36. The van der Waals surface area contributed by atoms with Crippen molar-refractivity contribution in [1.82, 2.24) is 10.2 Å². The van der Waals surface area contributed by atoms with Gasteiger partial charge >= 0.3 is 0 Å². The lowest BCUT2D eigenvalue weighted by molar-refractivity contribution is -0.856. The van der Waals surface area contributed by atoms with Crippen molar-refractivity contribution in [3.05, 3.63) is 34.9 Å². The van der Waals surface area contributed by atoms with Gasteiger partial charge in [0, 0.05) is 0 Å². The minimum atomic E-state index is -0.711. The first-order valence-electron chi connectivity index (χ1n) is 10.1. The number of nitrogens with zero attached hydrogens (tertiary/aromatic N) is 1. The summed E-state index contributed by atoms with van der Waals surface area (Å²) in [5, 5.41) is 3.37. The fraction of sp³-hybridized carbons (Fsp3) is 0.619. The van der Waals surface area contributed by atoms with E-state index < -0.39 is 11.8 Å². The predicted octanol–water partition coefficient (Wildman–Crippen LogP) is 1.35. The van der Waals surface area contributed by atoms with E-state index in [1.165, 1.54) is 4.90 Å². The number of carbonyl (C=O) groups excluding carboxylic acids is 2. The number of carbonyl (C=O) groups is 2. The third-order valence-corrected chi connectivity index (χ3v) is 6.20. The smallest absolute Gasteiger partial charge is 0.258 e. The predicted molar refractivity (Wildman–Crippen MR) is 108 cm³/mol. The molecule has 2 N–H and O–H groups in total. The van der Waals surface area contributed by atoms with Crippen LogP contribution in [0.4, 0.5) is 0 Å². The summed E-state index contributed by atoms with van der Waals surface area (Å²) < 4.78 is 6.18. The average molecular weight is 409 g/mol. The second kappa shape index (κ2) is 8.80. The maximum absolute atomic E-state index is 13.5. The van der Waals surface area contributed by atoms with Gasteiger partial charge in [0.15, 0.2) is 0 Å². The summed E-state index contributed by atoms with van der Waals surface area (Å²) in [6.45, 7) is 3.83. The molecule has 3 rings (SSSR count). The van der Waals surface area contributed by atoms with Crippen molar-refractivity contribution in [1.29, 1.82) is 0 Å². The lowest BCUT2D eigenvalue weighted by atomic mass is 9.83. The number of likely N-dealkylation sites (N-methyl/N-ethyl adjacent to an activating group) is 1. The third kappa shape index (κ3) is 4.34. The summed E-state index contributed by atoms with van der Waals surface area (Å²) in [7, 11) is 4.08. The number of nitrogens with one attached hydrogen (secondary N) is 2. The quantitative estimate of drug-likeness (QED) is 0.773. The highest BCUT2D eigenvalue weighted by Gasteiger charge is 2.53. The number of rotatable bonds is 5. The fourth-order valence-electron chi connectivity index (χ4n) is 4.10. The van der Waals surface area contributed by atoms with E-state index in [4.69, 9.17) is 16.3 Å². The Balaban J connectivity index is 1.86. The number of benzene rings is 1. The zero-order chi connectivity index (χ0) is 20.3. The summed E-state index contributed by atoms with van der Waals surface area (Å²) in [4.78, 5) is 29.4. The Kier molecular flexibility index (Phi) is 6.63. The highest BCUT2D eigenvalue weighted by Crippen LogP contribution is 2.43. The zero-order valence-corrected chi connectivity index (χ0v) is 17.7. The maximum atomic E-state index is 13.5. The Labute approximate surface area is 172 Å². The third-order valence-electron chi connectivity index (χ3n) is 5.87. The SMILES string of the molecule is CC1CCC2(CC1)OC[C@@H](C(=O)NCC[NH+](C)C)N2C(=O)c1ccccc1Cl. The summed E-state index contributed by atoms with van der Waals surface area (Å²) >= 11 is 6.30. The van der Waals surface area contributed by atoms with Gasteiger partial charge in [0.1, 0.15) is 11.8 Å². The number of ether oxygens (including phenoxy) is 1. The van der Waals surface area contributed by atoms with Crippen LogP contribution in [0.2, 0.25) is 5.02 Å². The van der Waals surface area contributed by atoms with Gasteiger partial charge in [-0.15, -0.1) is 0 Å². The Morgan fingerprint density at radius 2 is 1.96 bits per heavy atom. The summed E-state index contributed by atoms with van der Waals surface area (Å²) in [6.07, 6.45) is 3.45. The lowest BCUT2D eigenvalue weighted by Gasteiger charge is -2.43. The van der Waals surface area contributed by atoms with Crippen LogP contribution in [0.5, 0.6) is 0 Å². The molecule has 2 aliphatic rings. The Hall–Kier alpha value is -1.63. The number of hydrogen-bond donors (Lipinski definition) is 2. The van der Waals surface area contributed by atoms with Crippen LogP contribution >= 0.6 is 11.6 Å². The van der Waals surface area contributed by atoms with Crippen molar-refractivity contribution in [2.75, 3.05) is 33.8 Å². The normalized spacial score (nSPS) is 27.4. The first-order chi connectivity index (χ1) is 13.3. The topological polar surface area (TPSA) is 63.1 Å². The molecule has 0 aromatic heterocycles. The molecule has 1 spiro atoms. The lowest BCUT2D eigenvalue weighted by Crippen LogP contribution is -3.06. The van der Waals surface area contributed by atoms with Gasteiger partial charge in [-0.2, -0.15) is 0 Å². The highest BCUT2D eigenvalue weighted by atomic mass is 35.5. The molecule has 7 heteroatoms. The molecule has 28 heavy (non-hydrogen) atoms.